The van der Waals surface area contributed by atoms with Crippen LogP contribution in [0.4, 0.5) is 0 Å². The molecular formula is C22H21ClN2O4S. The number of hydrogen-bond acceptors (Lipinski definition) is 5. The maximum absolute atomic E-state index is 13.4. The van der Waals surface area contributed by atoms with E-state index in [4.69, 9.17) is 21.1 Å². The summed E-state index contributed by atoms with van der Waals surface area (Å²) in [6.45, 7) is 3.19. The molecule has 0 N–H and O–H groups in total. The average molecular weight is 445 g/mol. The number of benzene rings is 3. The van der Waals surface area contributed by atoms with Crippen molar-refractivity contribution in [1.29, 1.82) is 0 Å². The Morgan fingerprint density at radius 1 is 0.900 bits per heavy atom. The van der Waals surface area contributed by atoms with Gasteiger partial charge in [-0.1, -0.05) is 41.9 Å². The van der Waals surface area contributed by atoms with Crippen molar-refractivity contribution < 1.29 is 17.9 Å². The highest BCUT2D eigenvalue weighted by atomic mass is 35.5. The van der Waals surface area contributed by atoms with Crippen molar-refractivity contribution in [3.8, 4) is 11.5 Å². The number of fused-ring (bicyclic) bond motifs is 2. The fraction of sp³-hybridized carbons (Fsp3) is 0.273. The van der Waals surface area contributed by atoms with Gasteiger partial charge in [-0.15, -0.1) is 0 Å². The molecule has 156 valence electrons. The largest absolute Gasteiger partial charge is 0.454 e. The third-order valence-electron chi connectivity index (χ3n) is 5.61. The molecule has 2 aliphatic rings. The second-order valence-electron chi connectivity index (χ2n) is 7.46. The van der Waals surface area contributed by atoms with Gasteiger partial charge in [0.25, 0.3) is 0 Å². The fourth-order valence-corrected chi connectivity index (χ4v) is 6.04. The molecule has 1 saturated heterocycles. The van der Waals surface area contributed by atoms with Gasteiger partial charge in [-0.05, 0) is 35.2 Å². The lowest BCUT2D eigenvalue weighted by Crippen LogP contribution is -2.48. The number of piperazine rings is 1. The molecule has 0 radical (unpaired) electrons. The molecule has 2 heterocycles. The molecule has 30 heavy (non-hydrogen) atoms. The van der Waals surface area contributed by atoms with Gasteiger partial charge in [0.15, 0.2) is 11.5 Å². The molecule has 2 aliphatic heterocycles. The summed E-state index contributed by atoms with van der Waals surface area (Å²) in [5.74, 6) is 1.53. The Kier molecular flexibility index (Phi) is 5.06. The number of sulfonamides is 1. The maximum atomic E-state index is 13.4. The third kappa shape index (κ3) is 3.52. The lowest BCUT2D eigenvalue weighted by Gasteiger charge is -2.34. The first-order valence-corrected chi connectivity index (χ1v) is 11.6. The number of rotatable bonds is 4. The summed E-state index contributed by atoms with van der Waals surface area (Å²) in [6, 6.07) is 16.7. The summed E-state index contributed by atoms with van der Waals surface area (Å²) in [5.41, 5.74) is 1.12. The number of hydrogen-bond donors (Lipinski definition) is 0. The Morgan fingerprint density at radius 3 is 2.43 bits per heavy atom. The van der Waals surface area contributed by atoms with Gasteiger partial charge in [0, 0.05) is 43.1 Å². The van der Waals surface area contributed by atoms with Crippen molar-refractivity contribution in [3.63, 3.8) is 0 Å². The Balaban J connectivity index is 1.32. The van der Waals surface area contributed by atoms with E-state index >= 15 is 0 Å². The van der Waals surface area contributed by atoms with Crippen LogP contribution in [0.5, 0.6) is 11.5 Å². The number of nitrogens with zero attached hydrogens (tertiary/aromatic N) is 2. The molecular weight excluding hydrogens is 424 g/mol. The monoisotopic (exact) mass is 444 g/mol. The summed E-state index contributed by atoms with van der Waals surface area (Å²) in [5, 5.41) is 1.86. The third-order valence-corrected chi connectivity index (χ3v) is 7.86. The van der Waals surface area contributed by atoms with Crippen LogP contribution >= 0.6 is 11.6 Å². The van der Waals surface area contributed by atoms with Crippen LogP contribution in [0, 0.1) is 0 Å². The van der Waals surface area contributed by atoms with Crippen LogP contribution in [0.25, 0.3) is 10.8 Å². The van der Waals surface area contributed by atoms with E-state index in [1.807, 2.05) is 36.4 Å². The second kappa shape index (κ2) is 7.74. The van der Waals surface area contributed by atoms with E-state index in [2.05, 4.69) is 4.90 Å². The summed E-state index contributed by atoms with van der Waals surface area (Å²) < 4.78 is 39.1. The molecule has 8 heteroatoms. The van der Waals surface area contributed by atoms with Crippen molar-refractivity contribution in [2.45, 2.75) is 11.4 Å². The van der Waals surface area contributed by atoms with Gasteiger partial charge in [0.05, 0.1) is 4.90 Å². The fourth-order valence-electron chi connectivity index (χ4n) is 4.04. The molecule has 0 bridgehead atoms. The first-order valence-electron chi connectivity index (χ1n) is 9.81. The Bertz CT molecular complexity index is 1200. The average Bonchev–Trinajstić information content (AvgIpc) is 3.22. The van der Waals surface area contributed by atoms with Crippen LogP contribution in [0.2, 0.25) is 5.02 Å². The molecule has 0 unspecified atom stereocenters. The molecule has 3 aromatic carbocycles. The van der Waals surface area contributed by atoms with Crippen molar-refractivity contribution in [2.24, 2.45) is 0 Å². The molecule has 6 nitrogen and oxygen atoms in total. The van der Waals surface area contributed by atoms with Gasteiger partial charge in [0.1, 0.15) is 0 Å². The van der Waals surface area contributed by atoms with E-state index in [-0.39, 0.29) is 11.7 Å². The number of halogens is 1. The molecule has 5 rings (SSSR count). The summed E-state index contributed by atoms with van der Waals surface area (Å²) >= 11 is 6.35. The van der Waals surface area contributed by atoms with Gasteiger partial charge in [-0.3, -0.25) is 4.90 Å². The van der Waals surface area contributed by atoms with E-state index in [1.54, 1.807) is 22.5 Å². The molecule has 0 atom stereocenters. The zero-order chi connectivity index (χ0) is 20.7. The van der Waals surface area contributed by atoms with Gasteiger partial charge in [-0.2, -0.15) is 4.31 Å². The van der Waals surface area contributed by atoms with E-state index in [0.29, 0.717) is 36.6 Å². The zero-order valence-corrected chi connectivity index (χ0v) is 17.8. The normalized spacial score (nSPS) is 17.5. The first-order chi connectivity index (χ1) is 14.5. The van der Waals surface area contributed by atoms with Gasteiger partial charge >= 0.3 is 0 Å². The lowest BCUT2D eigenvalue weighted by molar-refractivity contribution is 0.173. The van der Waals surface area contributed by atoms with E-state index in [1.165, 1.54) is 0 Å². The highest BCUT2D eigenvalue weighted by Crippen LogP contribution is 2.34. The number of ether oxygens (including phenoxy) is 2. The van der Waals surface area contributed by atoms with Crippen LogP contribution in [0.3, 0.4) is 0 Å². The van der Waals surface area contributed by atoms with Crippen molar-refractivity contribution in [1.82, 2.24) is 9.21 Å². The minimum absolute atomic E-state index is 0.257. The molecule has 0 aromatic heterocycles. The zero-order valence-electron chi connectivity index (χ0n) is 16.3. The van der Waals surface area contributed by atoms with Crippen LogP contribution in [0.15, 0.2) is 59.5 Å². The Labute approximate surface area is 180 Å². The van der Waals surface area contributed by atoms with Gasteiger partial charge in [-0.25, -0.2) is 8.42 Å². The smallest absolute Gasteiger partial charge is 0.243 e. The standard InChI is InChI=1S/C22H21ClN2O4S/c23-18-5-1-3-17-4-2-6-21(22(17)18)30(26,27)25-11-9-24(10-12-25)14-16-7-8-19-20(13-16)29-15-28-19/h1-8,13H,9-12,14-15H2. The summed E-state index contributed by atoms with van der Waals surface area (Å²) in [6.07, 6.45) is 0. The minimum atomic E-state index is -3.63. The molecule has 0 saturated carbocycles. The molecule has 0 aliphatic carbocycles. The molecule has 0 spiro atoms. The topological polar surface area (TPSA) is 59.1 Å². The predicted molar refractivity (Wildman–Crippen MR) is 116 cm³/mol. The first kappa shape index (κ1) is 19.6. The van der Waals surface area contributed by atoms with Gasteiger partial charge < -0.3 is 9.47 Å². The van der Waals surface area contributed by atoms with E-state index < -0.39 is 10.0 Å². The molecule has 0 amide bonds. The Morgan fingerprint density at radius 2 is 1.63 bits per heavy atom. The molecule has 1 fully saturated rings. The summed E-state index contributed by atoms with van der Waals surface area (Å²) in [4.78, 5) is 2.52. The summed E-state index contributed by atoms with van der Waals surface area (Å²) in [7, 11) is -3.63. The van der Waals surface area contributed by atoms with Crippen molar-refractivity contribution in [3.05, 3.63) is 65.2 Å². The second-order valence-corrected chi connectivity index (χ2v) is 9.78. The SMILES string of the molecule is O=S(=O)(c1cccc2cccc(Cl)c12)N1CCN(Cc2ccc3c(c2)OCO3)CC1. The van der Waals surface area contributed by atoms with E-state index in [9.17, 15) is 8.42 Å². The van der Waals surface area contributed by atoms with Crippen LogP contribution in [-0.2, 0) is 16.6 Å². The highest BCUT2D eigenvalue weighted by molar-refractivity contribution is 7.89. The highest BCUT2D eigenvalue weighted by Gasteiger charge is 2.30. The van der Waals surface area contributed by atoms with Crippen LogP contribution < -0.4 is 9.47 Å². The Hall–Kier alpha value is -2.32. The van der Waals surface area contributed by atoms with Crippen molar-refractivity contribution in [2.75, 3.05) is 33.0 Å². The quantitative estimate of drug-likeness (QED) is 0.613. The van der Waals surface area contributed by atoms with E-state index in [0.717, 1.165) is 29.0 Å². The minimum Gasteiger partial charge on any atom is -0.454 e. The van der Waals surface area contributed by atoms with Crippen molar-refractivity contribution >= 4 is 32.4 Å². The van der Waals surface area contributed by atoms with Crippen LogP contribution in [-0.4, -0.2) is 50.6 Å². The van der Waals surface area contributed by atoms with Gasteiger partial charge in [0.2, 0.25) is 16.8 Å². The molecule has 3 aromatic rings. The lowest BCUT2D eigenvalue weighted by atomic mass is 10.1. The maximum Gasteiger partial charge on any atom is 0.243 e. The predicted octanol–water partition coefficient (Wildman–Crippen LogP) is 3.73. The van der Waals surface area contributed by atoms with Crippen LogP contribution in [0.1, 0.15) is 5.56 Å².